The first-order chi connectivity index (χ1) is 22.8. The summed E-state index contributed by atoms with van der Waals surface area (Å²) in [5.41, 5.74) is 10.4. The predicted octanol–water partition coefficient (Wildman–Crippen LogP) is 11.7. The average Bonchev–Trinajstić information content (AvgIpc) is 3.85. The van der Waals surface area contributed by atoms with Gasteiger partial charge in [0.1, 0.15) is 22.3 Å². The Bertz CT molecular complexity index is 3010. The fourth-order valence-electron chi connectivity index (χ4n) is 7.79. The van der Waals surface area contributed by atoms with Crippen LogP contribution in [0.3, 0.4) is 0 Å². The van der Waals surface area contributed by atoms with E-state index in [0.29, 0.717) is 0 Å². The monoisotopic (exact) mass is 588 g/mol. The molecule has 0 amide bonds. The van der Waals surface area contributed by atoms with Crippen molar-refractivity contribution >= 4 is 87.5 Å². The zero-order valence-corrected chi connectivity index (χ0v) is 24.6. The fraction of sp³-hybridized carbons (Fsp3) is 0. The van der Waals surface area contributed by atoms with Crippen molar-refractivity contribution < 1.29 is 8.83 Å². The molecule has 46 heavy (non-hydrogen) atoms. The minimum Gasteiger partial charge on any atom is -0.456 e. The van der Waals surface area contributed by atoms with Crippen LogP contribution in [0.2, 0.25) is 0 Å². The number of hydrogen-bond donors (Lipinski definition) is 0. The van der Waals surface area contributed by atoms with Gasteiger partial charge < -0.3 is 18.0 Å². The Balaban J connectivity index is 1.42. The topological polar surface area (TPSA) is 36.1 Å². The smallest absolute Gasteiger partial charge is 0.145 e. The predicted molar refractivity (Wildman–Crippen MR) is 190 cm³/mol. The normalized spacial score (nSPS) is 12.3. The minimum atomic E-state index is 0.887. The third-order valence-corrected chi connectivity index (χ3v) is 9.69. The third-order valence-electron chi connectivity index (χ3n) is 9.69. The second kappa shape index (κ2) is 8.68. The number of para-hydroxylation sites is 4. The zero-order valence-electron chi connectivity index (χ0n) is 24.6. The molecule has 0 aliphatic carbocycles. The molecule has 4 heteroatoms. The van der Waals surface area contributed by atoms with E-state index >= 15 is 0 Å². The fourth-order valence-corrected chi connectivity index (χ4v) is 7.79. The first-order valence-electron chi connectivity index (χ1n) is 15.6. The highest BCUT2D eigenvalue weighted by atomic mass is 16.3. The maximum Gasteiger partial charge on any atom is 0.145 e. The Morgan fingerprint density at radius 1 is 0.348 bits per heavy atom. The molecule has 214 valence electrons. The molecular weight excluding hydrogens is 564 g/mol. The minimum absolute atomic E-state index is 0.887. The molecule has 0 saturated heterocycles. The summed E-state index contributed by atoms with van der Waals surface area (Å²) in [4.78, 5) is 0. The van der Waals surface area contributed by atoms with Gasteiger partial charge >= 0.3 is 0 Å². The van der Waals surface area contributed by atoms with E-state index in [0.717, 1.165) is 77.2 Å². The third kappa shape index (κ3) is 3.03. The van der Waals surface area contributed by atoms with Crippen LogP contribution in [0.1, 0.15) is 0 Å². The number of rotatable bonds is 2. The van der Waals surface area contributed by atoms with Gasteiger partial charge in [-0.15, -0.1) is 0 Å². The van der Waals surface area contributed by atoms with Gasteiger partial charge in [-0.2, -0.15) is 0 Å². The Morgan fingerprint density at radius 3 is 1.67 bits per heavy atom. The molecule has 0 N–H and O–H groups in total. The van der Waals surface area contributed by atoms with Gasteiger partial charge in [-0.05, 0) is 66.7 Å². The molecule has 0 atom stereocenters. The van der Waals surface area contributed by atoms with Crippen molar-refractivity contribution in [3.63, 3.8) is 0 Å². The number of furan rings is 2. The van der Waals surface area contributed by atoms with Gasteiger partial charge in [-0.3, -0.25) is 0 Å². The summed E-state index contributed by atoms with van der Waals surface area (Å²) in [6, 6.07) is 51.5. The van der Waals surface area contributed by atoms with Gasteiger partial charge in [0.05, 0.1) is 27.5 Å². The van der Waals surface area contributed by atoms with Gasteiger partial charge in [0.25, 0.3) is 0 Å². The van der Waals surface area contributed by atoms with Gasteiger partial charge in [0.15, 0.2) is 0 Å². The van der Waals surface area contributed by atoms with Gasteiger partial charge in [-0.25, -0.2) is 0 Å². The van der Waals surface area contributed by atoms with Crippen molar-refractivity contribution in [3.05, 3.63) is 146 Å². The van der Waals surface area contributed by atoms with E-state index in [4.69, 9.17) is 8.83 Å². The molecule has 11 rings (SSSR count). The lowest BCUT2D eigenvalue weighted by Crippen LogP contribution is -1.95. The van der Waals surface area contributed by atoms with Crippen LogP contribution in [-0.4, -0.2) is 9.13 Å². The van der Waals surface area contributed by atoms with E-state index in [9.17, 15) is 0 Å². The molecule has 7 aromatic carbocycles. The maximum absolute atomic E-state index is 6.66. The number of nitrogens with zero attached hydrogens (tertiary/aromatic N) is 2. The zero-order chi connectivity index (χ0) is 29.9. The van der Waals surface area contributed by atoms with Crippen LogP contribution in [0.25, 0.3) is 98.9 Å². The molecule has 0 aliphatic heterocycles. The molecule has 0 aliphatic rings. The molecule has 0 saturated carbocycles. The summed E-state index contributed by atoms with van der Waals surface area (Å²) in [7, 11) is 0. The summed E-state index contributed by atoms with van der Waals surface area (Å²) in [6.07, 6.45) is 0. The van der Waals surface area contributed by atoms with E-state index in [2.05, 4.69) is 137 Å². The first-order valence-corrected chi connectivity index (χ1v) is 15.6. The molecule has 0 spiro atoms. The van der Waals surface area contributed by atoms with Crippen LogP contribution < -0.4 is 0 Å². The van der Waals surface area contributed by atoms with Crippen molar-refractivity contribution in [1.29, 1.82) is 0 Å². The number of aromatic nitrogens is 2. The van der Waals surface area contributed by atoms with Crippen LogP contribution in [0.15, 0.2) is 154 Å². The molecule has 0 fully saturated rings. The lowest BCUT2D eigenvalue weighted by Gasteiger charge is -2.10. The quantitative estimate of drug-likeness (QED) is 0.201. The molecule has 11 aromatic rings. The number of fused-ring (bicyclic) bond motifs is 14. The standard InChI is InChI=1S/C42H24N2O2/c1-3-11-25(12-4-1)43-33-22-20-30-40-34(21-19-29-27-15-7-10-18-37(27)46-42(29)40)44(26-13-5-2-6-14-26)41(30)39(33)32-23-31-28-16-8-9-17-36(28)45-38(31)24-35(32)43/h1-24H. The number of hydrogen-bond acceptors (Lipinski definition) is 2. The Morgan fingerprint density at radius 2 is 0.935 bits per heavy atom. The van der Waals surface area contributed by atoms with Crippen molar-refractivity contribution in [2.75, 3.05) is 0 Å². The van der Waals surface area contributed by atoms with Crippen molar-refractivity contribution in [2.24, 2.45) is 0 Å². The highest BCUT2D eigenvalue weighted by Gasteiger charge is 2.24. The molecular formula is C42H24N2O2. The Hall–Kier alpha value is -6.26. The van der Waals surface area contributed by atoms with E-state index in [1.54, 1.807) is 0 Å². The average molecular weight is 589 g/mol. The van der Waals surface area contributed by atoms with E-state index in [1.165, 1.54) is 21.7 Å². The van der Waals surface area contributed by atoms with E-state index in [1.807, 2.05) is 18.2 Å². The van der Waals surface area contributed by atoms with Crippen LogP contribution in [-0.2, 0) is 0 Å². The SMILES string of the molecule is c1ccc(-n2c3cc4oc5ccccc5c4cc3c3c2ccc2c4c5oc6ccccc6c5ccc4n(-c4ccccc4)c23)cc1. The second-order valence-corrected chi connectivity index (χ2v) is 12.1. The van der Waals surface area contributed by atoms with Gasteiger partial charge in [-0.1, -0.05) is 72.8 Å². The number of benzene rings is 7. The van der Waals surface area contributed by atoms with Gasteiger partial charge in [0.2, 0.25) is 0 Å². The summed E-state index contributed by atoms with van der Waals surface area (Å²) < 4.78 is 17.9. The Labute approximate surface area is 261 Å². The Kier molecular flexibility index (Phi) is 4.55. The molecule has 0 radical (unpaired) electrons. The van der Waals surface area contributed by atoms with E-state index in [-0.39, 0.29) is 0 Å². The molecule has 4 nitrogen and oxygen atoms in total. The maximum atomic E-state index is 6.66. The second-order valence-electron chi connectivity index (χ2n) is 12.1. The van der Waals surface area contributed by atoms with Crippen molar-refractivity contribution in [2.45, 2.75) is 0 Å². The molecule has 0 unspecified atom stereocenters. The molecule has 0 bridgehead atoms. The highest BCUT2D eigenvalue weighted by molar-refractivity contribution is 6.32. The van der Waals surface area contributed by atoms with Crippen LogP contribution in [0, 0.1) is 0 Å². The first kappa shape index (κ1) is 24.1. The van der Waals surface area contributed by atoms with Gasteiger partial charge in [0, 0.05) is 55.1 Å². The van der Waals surface area contributed by atoms with Crippen LogP contribution in [0.5, 0.6) is 0 Å². The van der Waals surface area contributed by atoms with E-state index < -0.39 is 0 Å². The summed E-state index contributed by atoms with van der Waals surface area (Å²) in [5, 5.41) is 9.20. The van der Waals surface area contributed by atoms with Crippen LogP contribution in [0.4, 0.5) is 0 Å². The van der Waals surface area contributed by atoms with Crippen molar-refractivity contribution in [3.8, 4) is 11.4 Å². The summed E-state index contributed by atoms with van der Waals surface area (Å²) in [6.45, 7) is 0. The molecule has 4 heterocycles. The summed E-state index contributed by atoms with van der Waals surface area (Å²) >= 11 is 0. The summed E-state index contributed by atoms with van der Waals surface area (Å²) in [5.74, 6) is 0. The largest absolute Gasteiger partial charge is 0.456 e. The highest BCUT2D eigenvalue weighted by Crippen LogP contribution is 2.46. The van der Waals surface area contributed by atoms with Crippen LogP contribution >= 0.6 is 0 Å². The van der Waals surface area contributed by atoms with Crippen molar-refractivity contribution in [1.82, 2.24) is 9.13 Å². The lowest BCUT2D eigenvalue weighted by molar-refractivity contribution is 0.669. The molecule has 4 aromatic heterocycles. The lowest BCUT2D eigenvalue weighted by atomic mass is 10.0.